The zero-order valence-electron chi connectivity index (χ0n) is 12.2. The summed E-state index contributed by atoms with van der Waals surface area (Å²) in [5.41, 5.74) is 10.1. The lowest BCUT2D eigenvalue weighted by atomic mass is 10.0. The molecule has 0 aliphatic heterocycles. The SMILES string of the molecule is Cc1cc(NCc2ccc(C(C)C)cc2)c(N)cc1F. The minimum absolute atomic E-state index is 0.269. The summed E-state index contributed by atoms with van der Waals surface area (Å²) in [5, 5.41) is 3.25. The molecule has 0 spiro atoms. The van der Waals surface area contributed by atoms with Crippen LogP contribution in [-0.2, 0) is 6.54 Å². The summed E-state index contributed by atoms with van der Waals surface area (Å²) < 4.78 is 13.3. The highest BCUT2D eigenvalue weighted by molar-refractivity contribution is 5.67. The van der Waals surface area contributed by atoms with Crippen molar-refractivity contribution in [3.63, 3.8) is 0 Å². The first-order chi connectivity index (χ1) is 9.47. The van der Waals surface area contributed by atoms with E-state index in [2.05, 4.69) is 43.4 Å². The number of nitrogens with one attached hydrogen (secondary N) is 1. The maximum atomic E-state index is 13.3. The fraction of sp³-hybridized carbons (Fsp3) is 0.294. The number of anilines is 2. The number of hydrogen-bond acceptors (Lipinski definition) is 2. The van der Waals surface area contributed by atoms with Crippen LogP contribution in [0.25, 0.3) is 0 Å². The summed E-state index contributed by atoms with van der Waals surface area (Å²) in [6, 6.07) is 11.6. The average Bonchev–Trinajstić information content (AvgIpc) is 2.42. The summed E-state index contributed by atoms with van der Waals surface area (Å²) in [6.45, 7) is 6.76. The Kier molecular flexibility index (Phi) is 4.28. The Morgan fingerprint density at radius 3 is 2.40 bits per heavy atom. The van der Waals surface area contributed by atoms with Crippen LogP contribution in [-0.4, -0.2) is 0 Å². The second kappa shape index (κ2) is 5.95. The van der Waals surface area contributed by atoms with Gasteiger partial charge < -0.3 is 11.1 Å². The number of nitrogens with two attached hydrogens (primary N) is 1. The van der Waals surface area contributed by atoms with Crippen molar-refractivity contribution in [2.45, 2.75) is 33.2 Å². The Labute approximate surface area is 119 Å². The predicted octanol–water partition coefficient (Wildman–Crippen LogP) is 4.45. The molecule has 106 valence electrons. The van der Waals surface area contributed by atoms with Crippen molar-refractivity contribution in [3.05, 3.63) is 58.9 Å². The first kappa shape index (κ1) is 14.4. The zero-order valence-corrected chi connectivity index (χ0v) is 12.2. The lowest BCUT2D eigenvalue weighted by molar-refractivity contribution is 0.619. The summed E-state index contributed by atoms with van der Waals surface area (Å²) in [4.78, 5) is 0. The first-order valence-electron chi connectivity index (χ1n) is 6.85. The molecule has 0 radical (unpaired) electrons. The van der Waals surface area contributed by atoms with Gasteiger partial charge in [0, 0.05) is 6.54 Å². The maximum Gasteiger partial charge on any atom is 0.128 e. The zero-order chi connectivity index (χ0) is 14.7. The Balaban J connectivity index is 2.07. The van der Waals surface area contributed by atoms with Crippen LogP contribution < -0.4 is 11.1 Å². The molecule has 0 heterocycles. The van der Waals surface area contributed by atoms with Crippen LogP contribution >= 0.6 is 0 Å². The van der Waals surface area contributed by atoms with Gasteiger partial charge in [-0.3, -0.25) is 0 Å². The smallest absolute Gasteiger partial charge is 0.128 e. The summed E-state index contributed by atoms with van der Waals surface area (Å²) in [6.07, 6.45) is 0. The minimum atomic E-state index is -0.269. The van der Waals surface area contributed by atoms with Crippen LogP contribution in [0.2, 0.25) is 0 Å². The Bertz CT molecular complexity index is 589. The van der Waals surface area contributed by atoms with E-state index in [1.807, 2.05) is 0 Å². The Hall–Kier alpha value is -2.03. The number of aryl methyl sites for hydroxylation is 1. The molecule has 0 saturated carbocycles. The molecular weight excluding hydrogens is 251 g/mol. The van der Waals surface area contributed by atoms with Crippen LogP contribution in [0.1, 0.15) is 36.5 Å². The molecule has 0 bridgehead atoms. The molecule has 0 amide bonds. The average molecular weight is 272 g/mol. The van der Waals surface area contributed by atoms with Gasteiger partial charge in [-0.25, -0.2) is 4.39 Å². The largest absolute Gasteiger partial charge is 0.397 e. The van der Waals surface area contributed by atoms with Crippen molar-refractivity contribution >= 4 is 11.4 Å². The van der Waals surface area contributed by atoms with Gasteiger partial charge >= 0.3 is 0 Å². The van der Waals surface area contributed by atoms with Crippen molar-refractivity contribution in [2.24, 2.45) is 0 Å². The highest BCUT2D eigenvalue weighted by atomic mass is 19.1. The molecule has 20 heavy (non-hydrogen) atoms. The number of rotatable bonds is 4. The van der Waals surface area contributed by atoms with E-state index in [1.54, 1.807) is 13.0 Å². The van der Waals surface area contributed by atoms with Gasteiger partial charge in [0.15, 0.2) is 0 Å². The highest BCUT2D eigenvalue weighted by Gasteiger charge is 2.05. The molecule has 0 saturated heterocycles. The molecule has 0 atom stereocenters. The second-order valence-electron chi connectivity index (χ2n) is 5.44. The van der Waals surface area contributed by atoms with E-state index < -0.39 is 0 Å². The van der Waals surface area contributed by atoms with Crippen molar-refractivity contribution < 1.29 is 4.39 Å². The normalized spacial score (nSPS) is 10.8. The summed E-state index contributed by atoms with van der Waals surface area (Å²) in [5.74, 6) is 0.265. The number of halogens is 1. The monoisotopic (exact) mass is 272 g/mol. The third-order valence-electron chi connectivity index (χ3n) is 3.46. The molecule has 2 rings (SSSR count). The highest BCUT2D eigenvalue weighted by Crippen LogP contribution is 2.23. The molecule has 2 nitrogen and oxygen atoms in total. The first-order valence-corrected chi connectivity index (χ1v) is 6.85. The van der Waals surface area contributed by atoms with E-state index >= 15 is 0 Å². The van der Waals surface area contributed by atoms with E-state index in [0.717, 1.165) is 5.69 Å². The molecule has 2 aromatic carbocycles. The van der Waals surface area contributed by atoms with Gasteiger partial charge in [0.2, 0.25) is 0 Å². The molecule has 0 aliphatic carbocycles. The molecule has 2 aromatic rings. The Morgan fingerprint density at radius 1 is 1.15 bits per heavy atom. The molecule has 0 unspecified atom stereocenters. The molecule has 0 fully saturated rings. The number of hydrogen-bond donors (Lipinski definition) is 2. The summed E-state index contributed by atoms with van der Waals surface area (Å²) in [7, 11) is 0. The quantitative estimate of drug-likeness (QED) is 0.807. The second-order valence-corrected chi connectivity index (χ2v) is 5.44. The fourth-order valence-corrected chi connectivity index (χ4v) is 2.07. The van der Waals surface area contributed by atoms with Gasteiger partial charge in [0.05, 0.1) is 11.4 Å². The van der Waals surface area contributed by atoms with E-state index in [1.165, 1.54) is 17.2 Å². The van der Waals surface area contributed by atoms with Gasteiger partial charge in [-0.2, -0.15) is 0 Å². The number of benzene rings is 2. The van der Waals surface area contributed by atoms with Crippen molar-refractivity contribution in [3.8, 4) is 0 Å². The van der Waals surface area contributed by atoms with Crippen LogP contribution in [0.5, 0.6) is 0 Å². The predicted molar refractivity (Wildman–Crippen MR) is 83.4 cm³/mol. The molecule has 0 aromatic heterocycles. The van der Waals surface area contributed by atoms with Crippen LogP contribution in [0.3, 0.4) is 0 Å². The van der Waals surface area contributed by atoms with Crippen molar-refractivity contribution in [1.82, 2.24) is 0 Å². The van der Waals surface area contributed by atoms with Gasteiger partial charge in [-0.1, -0.05) is 38.1 Å². The topological polar surface area (TPSA) is 38.0 Å². The van der Waals surface area contributed by atoms with Crippen LogP contribution in [0.4, 0.5) is 15.8 Å². The van der Waals surface area contributed by atoms with E-state index in [0.29, 0.717) is 23.7 Å². The van der Waals surface area contributed by atoms with E-state index in [-0.39, 0.29) is 5.82 Å². The van der Waals surface area contributed by atoms with E-state index in [4.69, 9.17) is 5.73 Å². The van der Waals surface area contributed by atoms with E-state index in [9.17, 15) is 4.39 Å². The van der Waals surface area contributed by atoms with Gasteiger partial charge in [-0.05, 0) is 41.7 Å². The summed E-state index contributed by atoms with van der Waals surface area (Å²) >= 11 is 0. The lowest BCUT2D eigenvalue weighted by Crippen LogP contribution is -2.04. The van der Waals surface area contributed by atoms with Crippen molar-refractivity contribution in [2.75, 3.05) is 11.1 Å². The van der Waals surface area contributed by atoms with Crippen LogP contribution in [0.15, 0.2) is 36.4 Å². The lowest BCUT2D eigenvalue weighted by Gasteiger charge is -2.12. The van der Waals surface area contributed by atoms with Gasteiger partial charge in [0.25, 0.3) is 0 Å². The molecular formula is C17H21FN2. The minimum Gasteiger partial charge on any atom is -0.397 e. The third-order valence-corrected chi connectivity index (χ3v) is 3.46. The van der Waals surface area contributed by atoms with Crippen molar-refractivity contribution in [1.29, 1.82) is 0 Å². The number of nitrogen functional groups attached to an aromatic ring is 1. The molecule has 3 heteroatoms. The third kappa shape index (κ3) is 3.29. The van der Waals surface area contributed by atoms with Crippen LogP contribution in [0, 0.1) is 12.7 Å². The van der Waals surface area contributed by atoms with Gasteiger partial charge in [-0.15, -0.1) is 0 Å². The Morgan fingerprint density at radius 2 is 1.80 bits per heavy atom. The van der Waals surface area contributed by atoms with Gasteiger partial charge in [0.1, 0.15) is 5.82 Å². The molecule has 0 aliphatic rings. The fourth-order valence-electron chi connectivity index (χ4n) is 2.07. The maximum absolute atomic E-state index is 13.3. The standard InChI is InChI=1S/C17H21FN2/c1-11(2)14-6-4-13(5-7-14)10-20-17-8-12(3)15(18)9-16(17)19/h4-9,11,20H,10,19H2,1-3H3. The molecule has 3 N–H and O–H groups in total.